The number of ether oxygens (including phenoxy) is 1. The lowest BCUT2D eigenvalue weighted by molar-refractivity contribution is -0.155. The molecule has 11 aromatic rings. The first-order chi connectivity index (χ1) is 42.6. The Morgan fingerprint density at radius 3 is 1.62 bits per heavy atom. The maximum Gasteiger partial charge on any atom is 0.326 e. The molecule has 2 saturated heterocycles. The first-order valence-corrected chi connectivity index (χ1v) is 31.8. The summed E-state index contributed by atoms with van der Waals surface area (Å²) < 4.78 is 12.0. The van der Waals surface area contributed by atoms with E-state index in [1.165, 1.54) is 47.2 Å². The second kappa shape index (κ2) is 24.8. The van der Waals surface area contributed by atoms with E-state index in [0.29, 0.717) is 14.0 Å². The lowest BCUT2D eigenvalue weighted by atomic mass is 9.77. The molecule has 2 unspecified atom stereocenters. The van der Waals surface area contributed by atoms with Gasteiger partial charge in [0.15, 0.2) is 22.5 Å². The van der Waals surface area contributed by atoms with E-state index < -0.39 is 51.2 Å². The molecular formula is C70H52ClN5O7S4. The van der Waals surface area contributed by atoms with Crippen LogP contribution in [0.1, 0.15) is 56.3 Å². The second-order valence-electron chi connectivity index (χ2n) is 20.8. The number of thioether (sulfide) groups is 2. The molecule has 17 heteroatoms. The summed E-state index contributed by atoms with van der Waals surface area (Å²) in [6.07, 6.45) is 0.666. The van der Waals surface area contributed by atoms with E-state index in [2.05, 4.69) is 47.0 Å². The number of anilines is 1. The first-order valence-electron chi connectivity index (χ1n) is 27.9. The number of hydrogen-bond donors (Lipinski definition) is 2. The van der Waals surface area contributed by atoms with Gasteiger partial charge < -0.3 is 29.5 Å². The largest absolute Gasteiger partial charge is 0.459 e. The molecule has 0 spiro atoms. The Labute approximate surface area is 522 Å². The highest BCUT2D eigenvalue weighted by atomic mass is 35.5. The Morgan fingerprint density at radius 2 is 1.13 bits per heavy atom. The fourth-order valence-electron chi connectivity index (χ4n) is 11.3. The number of fused-ring (bicyclic) bond motifs is 2. The number of nitrogens with one attached hydrogen (secondary N) is 2. The number of β-lactam (4-membered cyclic amide) rings is 1. The minimum absolute atomic E-state index is 0.00546. The van der Waals surface area contributed by atoms with Crippen molar-refractivity contribution in [2.45, 2.75) is 37.6 Å². The van der Waals surface area contributed by atoms with Gasteiger partial charge in [0.2, 0.25) is 16.9 Å². The SMILES string of the molecule is O=C(NC1C(=O)N2CC(Sc3cc(=O)c4occc4s3)(C(=O)OC(c3ccccc3)c3ccccc3)CS[C@H]12)C(=NOC(c1ccccc1)(c1ccccc1)c1ccccc1)c1nc(NC(c2ccccc2)(c2ccccc2)c2ccccc2)sc1Cl. The molecule has 430 valence electrons. The maximum atomic E-state index is 15.7. The number of furan rings is 1. The first kappa shape index (κ1) is 57.1. The maximum absolute atomic E-state index is 15.7. The fraction of sp³-hybridized carbons (Fsp3) is 0.114. The third-order valence-electron chi connectivity index (χ3n) is 15.5. The highest BCUT2D eigenvalue weighted by molar-refractivity contribution is 8.06. The number of carbonyl (C=O) groups is 3. The van der Waals surface area contributed by atoms with Crippen molar-refractivity contribution in [2.75, 3.05) is 17.6 Å². The molecule has 2 fully saturated rings. The van der Waals surface area contributed by atoms with Crippen LogP contribution in [-0.4, -0.2) is 61.8 Å². The number of amides is 2. The van der Waals surface area contributed by atoms with Crippen LogP contribution in [0, 0.1) is 0 Å². The summed E-state index contributed by atoms with van der Waals surface area (Å²) in [6, 6.07) is 80.0. The van der Waals surface area contributed by atoms with Gasteiger partial charge in [0.25, 0.3) is 5.91 Å². The van der Waals surface area contributed by atoms with Crippen molar-refractivity contribution in [1.82, 2.24) is 15.2 Å². The van der Waals surface area contributed by atoms with Crippen LogP contribution < -0.4 is 16.1 Å². The minimum atomic E-state index is -1.43. The van der Waals surface area contributed by atoms with Gasteiger partial charge in [-0.15, -0.1) is 23.1 Å². The molecule has 0 radical (unpaired) electrons. The van der Waals surface area contributed by atoms with Crippen molar-refractivity contribution in [3.63, 3.8) is 0 Å². The van der Waals surface area contributed by atoms with E-state index in [0.717, 1.165) is 55.8 Å². The zero-order valence-electron chi connectivity index (χ0n) is 46.2. The van der Waals surface area contributed by atoms with E-state index in [1.54, 1.807) is 11.0 Å². The number of oxime groups is 1. The van der Waals surface area contributed by atoms with Crippen LogP contribution >= 0.6 is 57.8 Å². The summed E-state index contributed by atoms with van der Waals surface area (Å²) >= 11 is 12.4. The Bertz CT molecular complexity index is 4090. The number of rotatable bonds is 19. The van der Waals surface area contributed by atoms with Crippen molar-refractivity contribution in [3.8, 4) is 0 Å². The quantitative estimate of drug-likeness (QED) is 0.0262. The summed E-state index contributed by atoms with van der Waals surface area (Å²) in [7, 11) is 0. The predicted octanol–water partition coefficient (Wildman–Crippen LogP) is 14.3. The molecule has 3 aromatic heterocycles. The molecule has 87 heavy (non-hydrogen) atoms. The molecule has 0 aliphatic carbocycles. The van der Waals surface area contributed by atoms with Gasteiger partial charge in [0.05, 0.1) is 15.2 Å². The van der Waals surface area contributed by atoms with Gasteiger partial charge in [-0.25, -0.2) is 4.98 Å². The molecule has 0 bridgehead atoms. The normalized spacial score (nSPS) is 16.8. The number of hydrogen-bond acceptors (Lipinski definition) is 14. The van der Waals surface area contributed by atoms with Gasteiger partial charge in [-0.2, -0.15) is 0 Å². The van der Waals surface area contributed by atoms with E-state index in [4.69, 9.17) is 35.7 Å². The Balaban J connectivity index is 0.880. The average Bonchev–Trinajstić information content (AvgIpc) is 2.40. The zero-order valence-corrected chi connectivity index (χ0v) is 50.2. The van der Waals surface area contributed by atoms with Crippen molar-refractivity contribution >= 4 is 96.7 Å². The lowest BCUT2D eigenvalue weighted by Crippen LogP contribution is -2.75. The van der Waals surface area contributed by atoms with E-state index in [-0.39, 0.29) is 39.1 Å². The highest BCUT2D eigenvalue weighted by Gasteiger charge is 2.59. The zero-order chi connectivity index (χ0) is 59.4. The van der Waals surface area contributed by atoms with E-state index in [9.17, 15) is 9.59 Å². The topological polar surface area (TPSA) is 152 Å². The monoisotopic (exact) mass is 1240 g/mol. The number of aromatic nitrogens is 1. The molecule has 3 atom stereocenters. The summed E-state index contributed by atoms with van der Waals surface area (Å²) in [5, 5.41) is 11.4. The third-order valence-corrected chi connectivity index (χ3v) is 20.9. The van der Waals surface area contributed by atoms with Crippen LogP contribution in [0.4, 0.5) is 5.13 Å². The molecule has 5 heterocycles. The molecule has 13 rings (SSSR count). The summed E-state index contributed by atoms with van der Waals surface area (Å²) in [5.74, 6) is -1.67. The molecule has 2 amide bonds. The predicted molar refractivity (Wildman–Crippen MR) is 346 cm³/mol. The number of nitrogens with zero attached hydrogens (tertiary/aromatic N) is 3. The molecule has 8 aromatic carbocycles. The van der Waals surface area contributed by atoms with Crippen molar-refractivity contribution < 1.29 is 28.4 Å². The molecule has 12 nitrogen and oxygen atoms in total. The number of benzene rings is 8. The Morgan fingerprint density at radius 1 is 0.655 bits per heavy atom. The molecule has 2 aliphatic heterocycles. The van der Waals surface area contributed by atoms with E-state index >= 15 is 9.59 Å². The van der Waals surface area contributed by atoms with Gasteiger partial charge >= 0.3 is 5.97 Å². The van der Waals surface area contributed by atoms with Crippen molar-refractivity contribution in [2.24, 2.45) is 5.16 Å². The van der Waals surface area contributed by atoms with Crippen LogP contribution in [0.15, 0.2) is 280 Å². The standard InChI is InChI=1S/C70H52ClN5O7S4/c71-62-57(73-67(86-62)74-69(48-29-13-3-14-30-48,49-31-15-4-16-32-49)50-33-17-5-18-34-50)58(75-83-70(51-35-19-6-20-36-51,52-37-21-7-22-38-52)53-39-23-8-24-40-53)63(78)72-59-64(79)76-44-68(45-84-65(59)76,87-56-43-54(77)61-55(85-56)41-42-81-61)66(80)82-60(46-25-9-1-10-26-46)47-27-11-2-12-28-47/h1-43,59-60,65H,44-45H2,(H,72,78)(H,73,74)/t59?,65-,68?/m1/s1. The summed E-state index contributed by atoms with van der Waals surface area (Å²) in [4.78, 5) is 73.1. The van der Waals surface area contributed by atoms with Crippen molar-refractivity contribution in [3.05, 3.63) is 326 Å². The van der Waals surface area contributed by atoms with Gasteiger partial charge in [0, 0.05) is 35.1 Å². The second-order valence-corrected chi connectivity index (χ2v) is 26.3. The lowest BCUT2D eigenvalue weighted by Gasteiger charge is -2.53. The highest BCUT2D eigenvalue weighted by Crippen LogP contribution is 2.50. The third kappa shape index (κ3) is 11.0. The van der Waals surface area contributed by atoms with Gasteiger partial charge in [-0.3, -0.25) is 19.2 Å². The van der Waals surface area contributed by atoms with Crippen LogP contribution in [0.3, 0.4) is 0 Å². The number of halogens is 1. The van der Waals surface area contributed by atoms with Crippen LogP contribution in [-0.2, 0) is 35.1 Å². The smallest absolute Gasteiger partial charge is 0.326 e. The summed E-state index contributed by atoms with van der Waals surface area (Å²) in [5.41, 5.74) is 3.55. The van der Waals surface area contributed by atoms with Crippen molar-refractivity contribution in [1.29, 1.82) is 0 Å². The minimum Gasteiger partial charge on any atom is -0.459 e. The molecule has 0 saturated carbocycles. The number of esters is 1. The van der Waals surface area contributed by atoms with Gasteiger partial charge in [-0.1, -0.05) is 283 Å². The molecule has 2 N–H and O–H groups in total. The Kier molecular flexibility index (Phi) is 16.2. The van der Waals surface area contributed by atoms with Crippen LogP contribution in [0.5, 0.6) is 0 Å². The van der Waals surface area contributed by atoms with Crippen LogP contribution in [0.2, 0.25) is 4.34 Å². The Hall–Kier alpha value is -9.03. The van der Waals surface area contributed by atoms with Gasteiger partial charge in [-0.05, 0) is 33.9 Å². The number of carbonyl (C=O) groups excluding carboxylic acids is 3. The van der Waals surface area contributed by atoms with Crippen LogP contribution in [0.25, 0.3) is 10.3 Å². The fourth-order valence-corrected chi connectivity index (χ4v) is 16.8. The molecule has 2 aliphatic rings. The number of thiazole rings is 1. The summed E-state index contributed by atoms with van der Waals surface area (Å²) in [6.45, 7) is -0.100. The van der Waals surface area contributed by atoms with E-state index in [1.807, 2.05) is 206 Å². The molecular weight excluding hydrogens is 1190 g/mol. The van der Waals surface area contributed by atoms with Gasteiger partial charge in [0.1, 0.15) is 31.7 Å². The average molecular weight is 1240 g/mol.